The van der Waals surface area contributed by atoms with Crippen molar-refractivity contribution < 1.29 is 14.6 Å². The van der Waals surface area contributed by atoms with Crippen molar-refractivity contribution >= 4 is 28.6 Å². The average Bonchev–Trinajstić information content (AvgIpc) is 2.82. The first-order valence-electron chi connectivity index (χ1n) is 5.38. The van der Waals surface area contributed by atoms with E-state index in [-0.39, 0.29) is 22.3 Å². The lowest BCUT2D eigenvalue weighted by molar-refractivity contribution is 0.0338. The quantitative estimate of drug-likeness (QED) is 0.645. The van der Waals surface area contributed by atoms with Crippen LogP contribution in [0.4, 0.5) is 10.2 Å². The second-order valence-corrected chi connectivity index (χ2v) is 4.52. The Balaban J connectivity index is 2.19. The summed E-state index contributed by atoms with van der Waals surface area (Å²) in [5.41, 5.74) is 6.08. The van der Waals surface area contributed by atoms with Crippen LogP contribution in [0.5, 0.6) is 0 Å². The van der Waals surface area contributed by atoms with Gasteiger partial charge in [0.1, 0.15) is 29.6 Å². The molecule has 19 heavy (non-hydrogen) atoms. The lowest BCUT2D eigenvalue weighted by Gasteiger charge is -2.18. The first kappa shape index (κ1) is 12.3. The van der Waals surface area contributed by atoms with Crippen molar-refractivity contribution in [3.05, 3.63) is 23.5 Å². The van der Waals surface area contributed by atoms with E-state index in [9.17, 15) is 14.6 Å². The van der Waals surface area contributed by atoms with Crippen LogP contribution in [0.25, 0.3) is 11.2 Å². The molecule has 0 bridgehead atoms. The van der Waals surface area contributed by atoms with Gasteiger partial charge in [-0.15, -0.1) is 0 Å². The van der Waals surface area contributed by atoms with Gasteiger partial charge < -0.3 is 20.5 Å². The Morgan fingerprint density at radius 1 is 1.37 bits per heavy atom. The predicted molar refractivity (Wildman–Crippen MR) is 65.0 cm³/mol. The minimum Gasteiger partial charge on any atom is -0.387 e. The third kappa shape index (κ3) is 1.76. The highest BCUT2D eigenvalue weighted by molar-refractivity contribution is 6.28. The molecule has 1 aliphatic rings. The van der Waals surface area contributed by atoms with Gasteiger partial charge in [-0.1, -0.05) is 0 Å². The zero-order valence-corrected chi connectivity index (χ0v) is 10.2. The summed E-state index contributed by atoms with van der Waals surface area (Å²) in [5.74, 6) is -0.612. The summed E-state index contributed by atoms with van der Waals surface area (Å²) in [6, 6.07) is -1.11. The third-order valence-electron chi connectivity index (χ3n) is 3.01. The van der Waals surface area contributed by atoms with Gasteiger partial charge >= 0.3 is 0 Å². The van der Waals surface area contributed by atoms with Crippen LogP contribution in [0.15, 0.2) is 18.2 Å². The molecule has 9 heteroatoms. The summed E-state index contributed by atoms with van der Waals surface area (Å²) < 4.78 is 15.0. The van der Waals surface area contributed by atoms with Gasteiger partial charge in [-0.3, -0.25) is 0 Å². The van der Waals surface area contributed by atoms with Gasteiger partial charge in [-0.25, -0.2) is 9.37 Å². The van der Waals surface area contributed by atoms with Gasteiger partial charge in [0, 0.05) is 0 Å². The molecule has 1 aliphatic carbocycles. The van der Waals surface area contributed by atoms with E-state index >= 15 is 0 Å². The Labute approximate surface area is 111 Å². The van der Waals surface area contributed by atoms with Crippen molar-refractivity contribution in [2.24, 2.45) is 0 Å². The summed E-state index contributed by atoms with van der Waals surface area (Å²) in [6.07, 6.45) is -0.400. The van der Waals surface area contributed by atoms with Gasteiger partial charge in [0.05, 0.1) is 6.33 Å². The van der Waals surface area contributed by atoms with E-state index in [1.807, 2.05) is 0 Å². The number of nitrogens with zero attached hydrogens (tertiary/aromatic N) is 4. The fraction of sp³-hybridized carbons (Fsp3) is 0.300. The molecule has 0 saturated heterocycles. The molecule has 0 saturated carbocycles. The summed E-state index contributed by atoms with van der Waals surface area (Å²) in [4.78, 5) is 11.6. The van der Waals surface area contributed by atoms with Crippen LogP contribution in [0.1, 0.15) is 6.04 Å². The highest BCUT2D eigenvalue weighted by atomic mass is 35.5. The van der Waals surface area contributed by atoms with Crippen LogP contribution in [-0.4, -0.2) is 41.9 Å². The summed E-state index contributed by atoms with van der Waals surface area (Å²) in [5, 5.41) is 19.1. The standard InChI is InChI=1S/C10H9ClFN5O2/c11-10-15-8(13)5-9(16-10)17(2-14-5)6-3(12)1-4(18)7(6)19/h1-2,4,6-7,18-19H,(H2,13,15,16). The largest absolute Gasteiger partial charge is 0.387 e. The molecule has 4 N–H and O–H groups in total. The second-order valence-electron chi connectivity index (χ2n) is 4.18. The van der Waals surface area contributed by atoms with Crippen LogP contribution in [0, 0.1) is 0 Å². The van der Waals surface area contributed by atoms with Crippen LogP contribution >= 0.6 is 11.6 Å². The van der Waals surface area contributed by atoms with E-state index in [2.05, 4.69) is 15.0 Å². The number of halogens is 2. The number of aliphatic hydroxyl groups excluding tert-OH is 2. The zero-order valence-electron chi connectivity index (χ0n) is 9.40. The van der Waals surface area contributed by atoms with Crippen molar-refractivity contribution in [3.63, 3.8) is 0 Å². The number of nitrogen functional groups attached to an aromatic ring is 1. The maximum absolute atomic E-state index is 13.8. The molecule has 0 amide bonds. The molecule has 0 radical (unpaired) electrons. The minimum absolute atomic E-state index is 0.0613. The Morgan fingerprint density at radius 3 is 2.74 bits per heavy atom. The van der Waals surface area contributed by atoms with E-state index in [4.69, 9.17) is 17.3 Å². The third-order valence-corrected chi connectivity index (χ3v) is 3.18. The fourth-order valence-corrected chi connectivity index (χ4v) is 2.29. The summed E-state index contributed by atoms with van der Waals surface area (Å²) in [6.45, 7) is 0. The first-order valence-corrected chi connectivity index (χ1v) is 5.75. The highest BCUT2D eigenvalue weighted by Gasteiger charge is 2.38. The van der Waals surface area contributed by atoms with Crippen molar-refractivity contribution in [1.82, 2.24) is 19.5 Å². The molecular weight excluding hydrogens is 277 g/mol. The maximum Gasteiger partial charge on any atom is 0.226 e. The Hall–Kier alpha value is -1.77. The molecule has 0 aromatic carbocycles. The van der Waals surface area contributed by atoms with Crippen molar-refractivity contribution in [2.45, 2.75) is 18.2 Å². The van der Waals surface area contributed by atoms with Crippen LogP contribution in [0.2, 0.25) is 5.28 Å². The molecule has 3 atom stereocenters. The van der Waals surface area contributed by atoms with Gasteiger partial charge in [0.25, 0.3) is 0 Å². The highest BCUT2D eigenvalue weighted by Crippen LogP contribution is 2.34. The lowest BCUT2D eigenvalue weighted by Crippen LogP contribution is -2.28. The number of aromatic nitrogens is 4. The molecular formula is C10H9ClFN5O2. The number of hydrogen-bond acceptors (Lipinski definition) is 6. The number of imidazole rings is 1. The van der Waals surface area contributed by atoms with Crippen molar-refractivity contribution in [2.75, 3.05) is 5.73 Å². The van der Waals surface area contributed by atoms with E-state index in [0.717, 1.165) is 6.08 Å². The number of aliphatic hydroxyl groups is 2. The normalized spacial score (nSPS) is 26.9. The molecule has 0 fully saturated rings. The number of rotatable bonds is 1. The Kier molecular flexibility index (Phi) is 2.66. The average molecular weight is 286 g/mol. The van der Waals surface area contributed by atoms with Crippen LogP contribution < -0.4 is 5.73 Å². The Bertz CT molecular complexity index is 688. The number of nitrogens with two attached hydrogens (primary N) is 1. The molecule has 0 aliphatic heterocycles. The second kappa shape index (κ2) is 4.12. The van der Waals surface area contributed by atoms with Gasteiger partial charge in [0.15, 0.2) is 11.5 Å². The van der Waals surface area contributed by atoms with Gasteiger partial charge in [-0.2, -0.15) is 9.97 Å². The minimum atomic E-state index is -1.33. The lowest BCUT2D eigenvalue weighted by atomic mass is 10.2. The smallest absolute Gasteiger partial charge is 0.226 e. The van der Waals surface area contributed by atoms with E-state index in [0.29, 0.717) is 0 Å². The molecule has 100 valence electrons. The van der Waals surface area contributed by atoms with Gasteiger partial charge in [-0.05, 0) is 17.7 Å². The fourth-order valence-electron chi connectivity index (χ4n) is 2.12. The zero-order chi connectivity index (χ0) is 13.7. The summed E-state index contributed by atoms with van der Waals surface area (Å²) in [7, 11) is 0. The van der Waals surface area contributed by atoms with E-state index in [1.54, 1.807) is 0 Å². The number of fused-ring (bicyclic) bond motifs is 1. The number of hydrogen-bond donors (Lipinski definition) is 3. The van der Waals surface area contributed by atoms with Crippen molar-refractivity contribution in [1.29, 1.82) is 0 Å². The van der Waals surface area contributed by atoms with Crippen molar-refractivity contribution in [3.8, 4) is 0 Å². The molecule has 7 nitrogen and oxygen atoms in total. The SMILES string of the molecule is Nc1nc(Cl)nc2c1ncn2C1C(F)=CC(O)C1O. The van der Waals surface area contributed by atoms with Crippen LogP contribution in [-0.2, 0) is 0 Å². The monoisotopic (exact) mass is 285 g/mol. The van der Waals surface area contributed by atoms with E-state index < -0.39 is 24.1 Å². The molecule has 2 heterocycles. The van der Waals surface area contributed by atoms with E-state index in [1.165, 1.54) is 10.9 Å². The molecule has 0 spiro atoms. The molecule has 2 aromatic heterocycles. The predicted octanol–water partition coefficient (Wildman–Crippen LogP) is 0.192. The van der Waals surface area contributed by atoms with Crippen LogP contribution in [0.3, 0.4) is 0 Å². The number of anilines is 1. The first-order chi connectivity index (χ1) is 8.99. The Morgan fingerprint density at radius 2 is 2.11 bits per heavy atom. The molecule has 2 aromatic rings. The maximum atomic E-state index is 13.8. The molecule has 3 unspecified atom stereocenters. The molecule has 3 rings (SSSR count). The topological polar surface area (TPSA) is 110 Å². The summed E-state index contributed by atoms with van der Waals surface area (Å²) >= 11 is 5.70. The van der Waals surface area contributed by atoms with Gasteiger partial charge in [0.2, 0.25) is 5.28 Å².